The summed E-state index contributed by atoms with van der Waals surface area (Å²) in [7, 11) is 3.30. The van der Waals surface area contributed by atoms with E-state index in [0.717, 1.165) is 47.7 Å². The summed E-state index contributed by atoms with van der Waals surface area (Å²) in [5, 5.41) is 3.37. The van der Waals surface area contributed by atoms with Crippen molar-refractivity contribution in [1.82, 2.24) is 10.2 Å². The first kappa shape index (κ1) is 21.5. The predicted octanol–water partition coefficient (Wildman–Crippen LogP) is 3.44. The molecule has 1 heterocycles. The van der Waals surface area contributed by atoms with Crippen molar-refractivity contribution in [3.8, 4) is 11.5 Å². The van der Waals surface area contributed by atoms with Gasteiger partial charge in [0.2, 0.25) is 0 Å². The third-order valence-electron chi connectivity index (χ3n) is 3.59. The first-order valence-electron chi connectivity index (χ1n) is 6.70. The van der Waals surface area contributed by atoms with Gasteiger partial charge < -0.3 is 14.8 Å². The summed E-state index contributed by atoms with van der Waals surface area (Å²) in [5.41, 5.74) is 1.15. The van der Waals surface area contributed by atoms with Gasteiger partial charge in [0, 0.05) is 30.7 Å². The molecule has 0 amide bonds. The van der Waals surface area contributed by atoms with Crippen molar-refractivity contribution >= 4 is 40.7 Å². The van der Waals surface area contributed by atoms with Crippen LogP contribution in [0, 0.1) is 0 Å². The number of halogens is 3. The Morgan fingerprint density at radius 2 is 1.73 bits per heavy atom. The Labute approximate surface area is 153 Å². The quantitative estimate of drug-likeness (QED) is 0.749. The fourth-order valence-electron chi connectivity index (χ4n) is 2.53. The number of piperazine rings is 1. The molecule has 1 atom stereocenters. The topological polar surface area (TPSA) is 33.7 Å². The van der Waals surface area contributed by atoms with E-state index in [1.807, 2.05) is 18.2 Å². The van der Waals surface area contributed by atoms with Crippen LogP contribution in [0.25, 0.3) is 0 Å². The third-order valence-corrected chi connectivity index (χ3v) is 4.28. The summed E-state index contributed by atoms with van der Waals surface area (Å²) in [6.07, 6.45) is 1.98. The summed E-state index contributed by atoms with van der Waals surface area (Å²) in [5.74, 6) is 1.47. The molecule has 0 aromatic heterocycles. The highest BCUT2D eigenvalue weighted by atomic mass is 79.9. The monoisotopic (exact) mass is 412 g/mol. The molecule has 1 fully saturated rings. The second-order valence-corrected chi connectivity index (χ2v) is 5.55. The lowest BCUT2D eigenvalue weighted by Crippen LogP contribution is -2.44. The smallest absolute Gasteiger partial charge is 0.161 e. The molecular weight excluding hydrogens is 391 g/mol. The SMILES string of the molecule is C=C[C@@H](c1cc(OC)c(OC)cc1Br)N1CCNCC1.Cl.Cl. The number of nitrogens with zero attached hydrogens (tertiary/aromatic N) is 1. The summed E-state index contributed by atoms with van der Waals surface area (Å²) in [6.45, 7) is 8.04. The highest BCUT2D eigenvalue weighted by Crippen LogP contribution is 2.38. The molecule has 7 heteroatoms. The van der Waals surface area contributed by atoms with Crippen LogP contribution in [0.5, 0.6) is 11.5 Å². The van der Waals surface area contributed by atoms with E-state index in [4.69, 9.17) is 9.47 Å². The molecule has 126 valence electrons. The molecule has 2 rings (SSSR count). The minimum Gasteiger partial charge on any atom is -0.493 e. The van der Waals surface area contributed by atoms with Gasteiger partial charge in [0.1, 0.15) is 0 Å². The van der Waals surface area contributed by atoms with Crippen LogP contribution in [0.1, 0.15) is 11.6 Å². The molecule has 22 heavy (non-hydrogen) atoms. The third kappa shape index (κ3) is 4.77. The van der Waals surface area contributed by atoms with Crippen LogP contribution >= 0.6 is 40.7 Å². The molecule has 1 N–H and O–H groups in total. The van der Waals surface area contributed by atoms with Gasteiger partial charge in [-0.05, 0) is 17.7 Å². The Kier molecular flexibility index (Phi) is 10.1. The molecule has 1 aliphatic rings. The molecule has 0 bridgehead atoms. The maximum absolute atomic E-state index is 5.40. The van der Waals surface area contributed by atoms with Crippen LogP contribution < -0.4 is 14.8 Å². The first-order chi connectivity index (χ1) is 9.71. The van der Waals surface area contributed by atoms with E-state index < -0.39 is 0 Å². The van der Waals surface area contributed by atoms with E-state index in [1.165, 1.54) is 0 Å². The maximum Gasteiger partial charge on any atom is 0.161 e. The number of rotatable bonds is 5. The van der Waals surface area contributed by atoms with Gasteiger partial charge in [-0.15, -0.1) is 31.4 Å². The van der Waals surface area contributed by atoms with Gasteiger partial charge in [0.05, 0.1) is 20.3 Å². The summed E-state index contributed by atoms with van der Waals surface area (Å²) in [4.78, 5) is 2.41. The van der Waals surface area contributed by atoms with Crippen LogP contribution in [-0.2, 0) is 0 Å². The fraction of sp³-hybridized carbons (Fsp3) is 0.467. The van der Waals surface area contributed by atoms with Crippen molar-refractivity contribution in [2.45, 2.75) is 6.04 Å². The van der Waals surface area contributed by atoms with Crippen molar-refractivity contribution < 1.29 is 9.47 Å². The molecular formula is C15H23BrCl2N2O2. The largest absolute Gasteiger partial charge is 0.493 e. The molecule has 0 aliphatic carbocycles. The first-order valence-corrected chi connectivity index (χ1v) is 7.49. The summed E-state index contributed by atoms with van der Waals surface area (Å²) >= 11 is 3.63. The minimum absolute atomic E-state index is 0. The minimum atomic E-state index is 0. The Morgan fingerprint density at radius 3 is 2.23 bits per heavy atom. The lowest BCUT2D eigenvalue weighted by Gasteiger charge is -2.34. The van der Waals surface area contributed by atoms with Gasteiger partial charge in [0.25, 0.3) is 0 Å². The number of benzene rings is 1. The molecule has 1 aromatic carbocycles. The Morgan fingerprint density at radius 1 is 1.18 bits per heavy atom. The van der Waals surface area contributed by atoms with Gasteiger partial charge in [-0.25, -0.2) is 0 Å². The van der Waals surface area contributed by atoms with Crippen molar-refractivity contribution in [2.24, 2.45) is 0 Å². The van der Waals surface area contributed by atoms with E-state index in [-0.39, 0.29) is 30.9 Å². The molecule has 0 spiro atoms. The second-order valence-electron chi connectivity index (χ2n) is 4.70. The number of hydrogen-bond donors (Lipinski definition) is 1. The predicted molar refractivity (Wildman–Crippen MR) is 99.1 cm³/mol. The van der Waals surface area contributed by atoms with Crippen LogP contribution in [0.4, 0.5) is 0 Å². The molecule has 1 saturated heterocycles. The number of ether oxygens (including phenoxy) is 2. The normalized spacial score (nSPS) is 16.0. The van der Waals surface area contributed by atoms with Crippen LogP contribution in [0.3, 0.4) is 0 Å². The second kappa shape index (κ2) is 10.3. The van der Waals surface area contributed by atoms with Gasteiger partial charge in [-0.3, -0.25) is 4.90 Å². The van der Waals surface area contributed by atoms with Gasteiger partial charge >= 0.3 is 0 Å². The number of hydrogen-bond acceptors (Lipinski definition) is 4. The van der Waals surface area contributed by atoms with Crippen LogP contribution in [0.15, 0.2) is 29.3 Å². The van der Waals surface area contributed by atoms with E-state index in [1.54, 1.807) is 14.2 Å². The summed E-state index contributed by atoms with van der Waals surface area (Å²) < 4.78 is 11.7. The molecule has 0 unspecified atom stereocenters. The van der Waals surface area contributed by atoms with Crippen molar-refractivity contribution in [3.05, 3.63) is 34.8 Å². The lowest BCUT2D eigenvalue weighted by molar-refractivity contribution is 0.202. The molecule has 1 aliphatic heterocycles. The zero-order chi connectivity index (χ0) is 14.5. The van der Waals surface area contributed by atoms with Crippen molar-refractivity contribution in [2.75, 3.05) is 40.4 Å². The van der Waals surface area contributed by atoms with E-state index in [9.17, 15) is 0 Å². The number of methoxy groups -OCH3 is 2. The number of nitrogens with one attached hydrogen (secondary N) is 1. The Bertz CT molecular complexity index is 483. The highest BCUT2D eigenvalue weighted by Gasteiger charge is 2.23. The highest BCUT2D eigenvalue weighted by molar-refractivity contribution is 9.10. The molecule has 4 nitrogen and oxygen atoms in total. The Balaban J connectivity index is 0.00000220. The van der Waals surface area contributed by atoms with Crippen LogP contribution in [-0.4, -0.2) is 45.3 Å². The lowest BCUT2D eigenvalue weighted by atomic mass is 10.0. The molecule has 0 saturated carbocycles. The van der Waals surface area contributed by atoms with E-state index in [2.05, 4.69) is 32.7 Å². The summed E-state index contributed by atoms with van der Waals surface area (Å²) in [6, 6.07) is 4.15. The zero-order valence-corrected chi connectivity index (χ0v) is 16.0. The maximum atomic E-state index is 5.40. The molecule has 1 aromatic rings. The Hall–Kier alpha value is -0.460. The fourth-order valence-corrected chi connectivity index (χ4v) is 3.09. The van der Waals surface area contributed by atoms with E-state index in [0.29, 0.717) is 0 Å². The van der Waals surface area contributed by atoms with E-state index >= 15 is 0 Å². The average molecular weight is 414 g/mol. The zero-order valence-electron chi connectivity index (χ0n) is 12.8. The average Bonchev–Trinajstić information content (AvgIpc) is 2.50. The van der Waals surface area contributed by atoms with Gasteiger partial charge in [0.15, 0.2) is 11.5 Å². The van der Waals surface area contributed by atoms with Gasteiger partial charge in [-0.2, -0.15) is 0 Å². The van der Waals surface area contributed by atoms with Crippen molar-refractivity contribution in [3.63, 3.8) is 0 Å². The van der Waals surface area contributed by atoms with Crippen molar-refractivity contribution in [1.29, 1.82) is 0 Å². The standard InChI is InChI=1S/C15H21BrN2O2.2ClH/c1-4-13(18-7-5-17-6-8-18)11-9-14(19-2)15(20-3)10-12(11)16;;/h4,9-10,13,17H,1,5-8H2,2-3H3;2*1H/t13-;;/m0../s1. The van der Waals surface area contributed by atoms with Crippen LogP contribution in [0.2, 0.25) is 0 Å². The van der Waals surface area contributed by atoms with Gasteiger partial charge in [-0.1, -0.05) is 22.0 Å². The molecule has 0 radical (unpaired) electrons.